The molecule has 0 bridgehead atoms. The number of aromatic nitrogens is 2. The van der Waals surface area contributed by atoms with Crippen LogP contribution in [0.2, 0.25) is 0 Å². The zero-order chi connectivity index (χ0) is 16.2. The fourth-order valence-corrected chi connectivity index (χ4v) is 3.18. The van der Waals surface area contributed by atoms with Crippen LogP contribution >= 0.6 is 0 Å². The molecule has 1 N–H and O–H groups in total. The van der Waals surface area contributed by atoms with Gasteiger partial charge in [-0.1, -0.05) is 30.3 Å². The molecule has 1 aromatic heterocycles. The molecule has 0 saturated heterocycles. The summed E-state index contributed by atoms with van der Waals surface area (Å²) in [6.45, 7) is 1.36. The van der Waals surface area contributed by atoms with Crippen molar-refractivity contribution in [3.05, 3.63) is 48.3 Å². The van der Waals surface area contributed by atoms with Crippen LogP contribution in [0.4, 0.5) is 0 Å². The molecule has 0 aliphatic rings. The van der Waals surface area contributed by atoms with Gasteiger partial charge in [0, 0.05) is 31.7 Å². The number of aliphatic hydroxyl groups excluding tert-OH is 1. The molecule has 0 fully saturated rings. The second kappa shape index (κ2) is 7.04. The number of sulfone groups is 1. The third-order valence-corrected chi connectivity index (χ3v) is 4.24. The molecule has 1 aromatic carbocycles. The minimum absolute atomic E-state index is 0.0164. The van der Waals surface area contributed by atoms with Crippen molar-refractivity contribution in [3.63, 3.8) is 0 Å². The third kappa shape index (κ3) is 4.66. The fraction of sp³-hybridized carbons (Fsp3) is 0.400. The maximum Gasteiger partial charge on any atom is 0.227 e. The van der Waals surface area contributed by atoms with Gasteiger partial charge in [-0.05, 0) is 12.6 Å². The highest BCUT2D eigenvalue weighted by Gasteiger charge is 2.17. The van der Waals surface area contributed by atoms with E-state index < -0.39 is 15.9 Å². The Kier molecular flexibility index (Phi) is 5.33. The van der Waals surface area contributed by atoms with E-state index >= 15 is 0 Å². The van der Waals surface area contributed by atoms with Crippen LogP contribution in [0.5, 0.6) is 0 Å². The lowest BCUT2D eigenvalue weighted by Crippen LogP contribution is -2.32. The van der Waals surface area contributed by atoms with Crippen molar-refractivity contribution in [2.75, 3.05) is 19.8 Å². The van der Waals surface area contributed by atoms with Gasteiger partial charge in [0.1, 0.15) is 0 Å². The molecule has 0 radical (unpaired) electrons. The number of imidazole rings is 1. The van der Waals surface area contributed by atoms with E-state index in [9.17, 15) is 13.5 Å². The van der Waals surface area contributed by atoms with Crippen molar-refractivity contribution in [2.24, 2.45) is 0 Å². The molecule has 6 nitrogen and oxygen atoms in total. The first-order valence-corrected chi connectivity index (χ1v) is 8.87. The van der Waals surface area contributed by atoms with E-state index in [0.29, 0.717) is 6.54 Å². The molecule has 0 amide bonds. The largest absolute Gasteiger partial charge is 0.390 e. The molecule has 120 valence electrons. The van der Waals surface area contributed by atoms with E-state index in [2.05, 4.69) is 4.98 Å². The maximum atomic E-state index is 11.6. The van der Waals surface area contributed by atoms with Crippen molar-refractivity contribution in [1.29, 1.82) is 0 Å². The van der Waals surface area contributed by atoms with Crippen LogP contribution in [0.25, 0.3) is 0 Å². The molecule has 0 saturated carbocycles. The SMILES string of the molecule is CN(Cc1ccccc1)C[C@@H](O)Cn1ccnc1S(C)(=O)=O. The van der Waals surface area contributed by atoms with Gasteiger partial charge in [-0.2, -0.15) is 0 Å². The summed E-state index contributed by atoms with van der Waals surface area (Å²) in [6, 6.07) is 9.97. The molecule has 2 rings (SSSR count). The molecule has 1 atom stereocenters. The van der Waals surface area contributed by atoms with Gasteiger partial charge in [0.2, 0.25) is 15.0 Å². The summed E-state index contributed by atoms with van der Waals surface area (Å²) in [5.74, 6) is 0. The molecule has 7 heteroatoms. The molecule has 1 heterocycles. The lowest BCUT2D eigenvalue weighted by atomic mass is 10.2. The Balaban J connectivity index is 1.93. The van der Waals surface area contributed by atoms with Gasteiger partial charge in [-0.15, -0.1) is 0 Å². The number of rotatable bonds is 7. The molecule has 0 spiro atoms. The lowest BCUT2D eigenvalue weighted by molar-refractivity contribution is 0.105. The van der Waals surface area contributed by atoms with Gasteiger partial charge >= 0.3 is 0 Å². The van der Waals surface area contributed by atoms with E-state index in [4.69, 9.17) is 0 Å². The summed E-state index contributed by atoms with van der Waals surface area (Å²) in [7, 11) is -1.47. The highest BCUT2D eigenvalue weighted by Crippen LogP contribution is 2.08. The Morgan fingerprint density at radius 3 is 2.64 bits per heavy atom. The van der Waals surface area contributed by atoms with Crippen LogP contribution in [0.1, 0.15) is 5.56 Å². The standard InChI is InChI=1S/C15H21N3O3S/c1-17(10-13-6-4-3-5-7-13)11-14(19)12-18-9-8-16-15(18)22(2,20)21/h3-9,14,19H,10-12H2,1-2H3/t14-/m1/s1. The minimum Gasteiger partial charge on any atom is -0.390 e. The topological polar surface area (TPSA) is 75.4 Å². The van der Waals surface area contributed by atoms with Crippen LogP contribution in [-0.2, 0) is 22.9 Å². The average molecular weight is 323 g/mol. The summed E-state index contributed by atoms with van der Waals surface area (Å²) in [4.78, 5) is 5.83. The predicted octanol–water partition coefficient (Wildman–Crippen LogP) is 0.780. The van der Waals surface area contributed by atoms with Gasteiger partial charge in [0.25, 0.3) is 0 Å². The van der Waals surface area contributed by atoms with Crippen LogP contribution in [0, 0.1) is 0 Å². The van der Waals surface area contributed by atoms with Gasteiger partial charge in [-0.25, -0.2) is 13.4 Å². The average Bonchev–Trinajstić information content (AvgIpc) is 2.87. The number of nitrogens with zero attached hydrogens (tertiary/aromatic N) is 3. The number of hydrogen-bond acceptors (Lipinski definition) is 5. The van der Waals surface area contributed by atoms with Crippen molar-refractivity contribution in [3.8, 4) is 0 Å². The Bertz CT molecular complexity index is 698. The molecule has 0 aliphatic heterocycles. The Morgan fingerprint density at radius 2 is 2.00 bits per heavy atom. The number of benzene rings is 1. The van der Waals surface area contributed by atoms with E-state index in [-0.39, 0.29) is 11.7 Å². The lowest BCUT2D eigenvalue weighted by Gasteiger charge is -2.21. The molecule has 22 heavy (non-hydrogen) atoms. The summed E-state index contributed by atoms with van der Waals surface area (Å²) < 4.78 is 24.6. The van der Waals surface area contributed by atoms with E-state index in [0.717, 1.165) is 18.4 Å². The van der Waals surface area contributed by atoms with Gasteiger partial charge in [0.05, 0.1) is 12.6 Å². The quantitative estimate of drug-likeness (QED) is 0.815. The highest BCUT2D eigenvalue weighted by molar-refractivity contribution is 7.90. The van der Waals surface area contributed by atoms with Crippen LogP contribution < -0.4 is 0 Å². The second-order valence-electron chi connectivity index (χ2n) is 5.47. The van der Waals surface area contributed by atoms with Crippen molar-refractivity contribution >= 4 is 9.84 Å². The van der Waals surface area contributed by atoms with Crippen molar-refractivity contribution < 1.29 is 13.5 Å². The van der Waals surface area contributed by atoms with E-state index in [1.807, 2.05) is 42.3 Å². The van der Waals surface area contributed by atoms with Crippen LogP contribution in [0.15, 0.2) is 47.9 Å². The van der Waals surface area contributed by atoms with E-state index in [1.165, 1.54) is 10.8 Å². The third-order valence-electron chi connectivity index (χ3n) is 3.23. The molecule has 2 aromatic rings. The Hall–Kier alpha value is -1.70. The molecule has 0 aliphatic carbocycles. The predicted molar refractivity (Wildman–Crippen MR) is 84.1 cm³/mol. The molecular weight excluding hydrogens is 302 g/mol. The Labute approximate surface area is 130 Å². The minimum atomic E-state index is -3.39. The molecule has 0 unspecified atom stereocenters. The summed E-state index contributed by atoms with van der Waals surface area (Å²) in [6.07, 6.45) is 3.43. The van der Waals surface area contributed by atoms with Gasteiger partial charge < -0.3 is 9.67 Å². The first-order chi connectivity index (χ1) is 10.4. The zero-order valence-electron chi connectivity index (χ0n) is 12.8. The summed E-state index contributed by atoms with van der Waals surface area (Å²) >= 11 is 0. The van der Waals surface area contributed by atoms with E-state index in [1.54, 1.807) is 6.20 Å². The number of likely N-dealkylation sites (N-methyl/N-ethyl adjacent to an activating group) is 1. The fourth-order valence-electron chi connectivity index (χ4n) is 2.37. The maximum absolute atomic E-state index is 11.6. The zero-order valence-corrected chi connectivity index (χ0v) is 13.6. The van der Waals surface area contributed by atoms with Gasteiger partial charge in [0.15, 0.2) is 0 Å². The smallest absolute Gasteiger partial charge is 0.227 e. The summed E-state index contributed by atoms with van der Waals surface area (Å²) in [5.41, 5.74) is 1.16. The van der Waals surface area contributed by atoms with Crippen LogP contribution in [0.3, 0.4) is 0 Å². The second-order valence-corrected chi connectivity index (χ2v) is 7.38. The first kappa shape index (κ1) is 16.7. The number of aliphatic hydroxyl groups is 1. The van der Waals surface area contributed by atoms with Crippen LogP contribution in [-0.4, -0.2) is 53.9 Å². The first-order valence-electron chi connectivity index (χ1n) is 6.98. The van der Waals surface area contributed by atoms with Crippen molar-refractivity contribution in [1.82, 2.24) is 14.5 Å². The molecular formula is C15H21N3O3S. The normalized spacial score (nSPS) is 13.5. The number of hydrogen-bond donors (Lipinski definition) is 1. The highest BCUT2D eigenvalue weighted by atomic mass is 32.2. The monoisotopic (exact) mass is 323 g/mol. The Morgan fingerprint density at radius 1 is 1.32 bits per heavy atom. The van der Waals surface area contributed by atoms with Crippen molar-refractivity contribution in [2.45, 2.75) is 24.3 Å². The summed E-state index contributed by atoms with van der Waals surface area (Å²) in [5, 5.41) is 10.2. The van der Waals surface area contributed by atoms with Gasteiger partial charge in [-0.3, -0.25) is 4.90 Å².